The maximum atomic E-state index is 12.9. The van der Waals surface area contributed by atoms with Gasteiger partial charge in [-0.2, -0.15) is 13.2 Å². The average molecular weight is 376 g/mol. The van der Waals surface area contributed by atoms with Crippen LogP contribution in [0.1, 0.15) is 11.1 Å². The van der Waals surface area contributed by atoms with Crippen molar-refractivity contribution >= 4 is 21.4 Å². The van der Waals surface area contributed by atoms with Crippen LogP contribution in [0.15, 0.2) is 41.3 Å². The highest BCUT2D eigenvalue weighted by Crippen LogP contribution is 2.34. The van der Waals surface area contributed by atoms with Gasteiger partial charge in [-0.15, -0.1) is 0 Å². The van der Waals surface area contributed by atoms with Crippen LogP contribution in [0.3, 0.4) is 0 Å². The van der Waals surface area contributed by atoms with Crippen molar-refractivity contribution in [2.75, 3.05) is 4.72 Å². The van der Waals surface area contributed by atoms with E-state index in [2.05, 4.69) is 0 Å². The molecule has 0 amide bonds. The van der Waals surface area contributed by atoms with Gasteiger partial charge in [0.15, 0.2) is 5.75 Å². The number of alkyl halides is 3. The summed E-state index contributed by atoms with van der Waals surface area (Å²) in [6.45, 7) is 1.23. The fourth-order valence-electron chi connectivity index (χ4n) is 2.02. The van der Waals surface area contributed by atoms with Crippen LogP contribution in [-0.2, 0) is 16.2 Å². The zero-order chi connectivity index (χ0) is 19.0. The Balaban J connectivity index is 2.43. The Hall–Kier alpha value is -2.82. The number of aromatic hydroxyl groups is 1. The average Bonchev–Trinajstić information content (AvgIpc) is 2.47. The second-order valence-electron chi connectivity index (χ2n) is 5.04. The van der Waals surface area contributed by atoms with Gasteiger partial charge in [0, 0.05) is 11.8 Å². The molecule has 0 saturated carbocycles. The third-order valence-corrected chi connectivity index (χ3v) is 4.63. The first-order chi connectivity index (χ1) is 11.4. The van der Waals surface area contributed by atoms with E-state index in [9.17, 15) is 36.8 Å². The molecule has 0 aliphatic carbocycles. The first-order valence-electron chi connectivity index (χ1n) is 6.60. The molecule has 11 heteroatoms. The number of hydrogen-bond donors (Lipinski definition) is 2. The molecule has 0 radical (unpaired) electrons. The molecule has 2 N–H and O–H groups in total. The predicted octanol–water partition coefficient (Wildman–Crippen LogP) is 3.43. The highest BCUT2D eigenvalue weighted by atomic mass is 32.2. The zero-order valence-corrected chi connectivity index (χ0v) is 13.4. The number of phenolic OH excluding ortho intramolecular Hbond substituents is 1. The topological polar surface area (TPSA) is 110 Å². The first-order valence-corrected chi connectivity index (χ1v) is 8.08. The van der Waals surface area contributed by atoms with Gasteiger partial charge in [-0.1, -0.05) is 6.07 Å². The maximum absolute atomic E-state index is 12.9. The van der Waals surface area contributed by atoms with E-state index in [1.54, 1.807) is 0 Å². The van der Waals surface area contributed by atoms with Crippen LogP contribution in [0, 0.1) is 17.0 Å². The lowest BCUT2D eigenvalue weighted by Crippen LogP contribution is -2.15. The van der Waals surface area contributed by atoms with E-state index in [1.165, 1.54) is 6.92 Å². The normalized spacial score (nSPS) is 12.0. The molecule has 0 unspecified atom stereocenters. The number of rotatable bonds is 4. The summed E-state index contributed by atoms with van der Waals surface area (Å²) in [4.78, 5) is 9.20. The van der Waals surface area contributed by atoms with E-state index < -0.39 is 43.0 Å². The molecule has 2 aromatic carbocycles. The lowest BCUT2D eigenvalue weighted by Gasteiger charge is -2.13. The van der Waals surface area contributed by atoms with Crippen molar-refractivity contribution in [3.8, 4) is 5.75 Å². The number of phenols is 1. The van der Waals surface area contributed by atoms with Gasteiger partial charge in [0.2, 0.25) is 0 Å². The summed E-state index contributed by atoms with van der Waals surface area (Å²) in [7, 11) is -4.39. The van der Waals surface area contributed by atoms with Gasteiger partial charge in [0.1, 0.15) is 0 Å². The summed E-state index contributed by atoms with van der Waals surface area (Å²) in [6, 6.07) is 5.17. The minimum absolute atomic E-state index is 0.0873. The Kier molecular flexibility index (Phi) is 4.62. The number of nitro benzene ring substituents is 1. The third-order valence-electron chi connectivity index (χ3n) is 3.25. The van der Waals surface area contributed by atoms with Crippen molar-refractivity contribution in [1.82, 2.24) is 0 Å². The lowest BCUT2D eigenvalue weighted by molar-refractivity contribution is -0.386. The monoisotopic (exact) mass is 376 g/mol. The molecule has 0 aliphatic rings. The molecule has 0 aliphatic heterocycles. The van der Waals surface area contributed by atoms with Crippen LogP contribution in [0.2, 0.25) is 0 Å². The minimum Gasteiger partial charge on any atom is -0.502 e. The van der Waals surface area contributed by atoms with Crippen molar-refractivity contribution < 1.29 is 31.6 Å². The number of halogens is 3. The molecule has 2 rings (SSSR count). The van der Waals surface area contributed by atoms with E-state index in [0.717, 1.165) is 24.3 Å². The molecule has 0 fully saturated rings. The van der Waals surface area contributed by atoms with E-state index in [-0.39, 0.29) is 11.3 Å². The Labute approximate surface area is 139 Å². The van der Waals surface area contributed by atoms with Crippen molar-refractivity contribution in [2.24, 2.45) is 0 Å². The van der Waals surface area contributed by atoms with Gasteiger partial charge >= 0.3 is 11.9 Å². The fourth-order valence-corrected chi connectivity index (χ4v) is 3.09. The Morgan fingerprint density at radius 2 is 1.80 bits per heavy atom. The first kappa shape index (κ1) is 18.5. The highest BCUT2D eigenvalue weighted by molar-refractivity contribution is 7.92. The van der Waals surface area contributed by atoms with Gasteiger partial charge in [-0.25, -0.2) is 8.42 Å². The number of hydrogen-bond acceptors (Lipinski definition) is 5. The zero-order valence-electron chi connectivity index (χ0n) is 12.5. The molecule has 7 nitrogen and oxygen atoms in total. The summed E-state index contributed by atoms with van der Waals surface area (Å²) in [5.41, 5.74) is -2.29. The van der Waals surface area contributed by atoms with E-state index in [4.69, 9.17) is 0 Å². The number of nitrogens with one attached hydrogen (secondary N) is 1. The van der Waals surface area contributed by atoms with Gasteiger partial charge in [-0.3, -0.25) is 14.8 Å². The molecule has 134 valence electrons. The quantitative estimate of drug-likeness (QED) is 0.628. The van der Waals surface area contributed by atoms with Crippen molar-refractivity contribution in [3.05, 3.63) is 57.6 Å². The molecule has 25 heavy (non-hydrogen) atoms. The number of aryl methyl sites for hydroxylation is 1. The third kappa shape index (κ3) is 3.99. The number of anilines is 1. The Morgan fingerprint density at radius 1 is 1.16 bits per heavy atom. The number of benzene rings is 2. The van der Waals surface area contributed by atoms with E-state index in [1.807, 2.05) is 4.72 Å². The van der Waals surface area contributed by atoms with Crippen LogP contribution in [0.4, 0.5) is 24.5 Å². The lowest BCUT2D eigenvalue weighted by atomic mass is 10.1. The van der Waals surface area contributed by atoms with E-state index >= 15 is 0 Å². The molecule has 0 heterocycles. The molecular weight excluding hydrogens is 365 g/mol. The summed E-state index contributed by atoms with van der Waals surface area (Å²) in [5, 5.41) is 20.1. The fraction of sp³-hybridized carbons (Fsp3) is 0.143. The molecule has 0 atom stereocenters. The van der Waals surface area contributed by atoms with Crippen LogP contribution < -0.4 is 4.72 Å². The van der Waals surface area contributed by atoms with Gasteiger partial charge in [-0.05, 0) is 36.8 Å². The molecule has 0 aromatic heterocycles. The Morgan fingerprint density at radius 3 is 2.36 bits per heavy atom. The standard InChI is InChI=1S/C14H11F3N2O5S/c1-8-2-3-9(6-11(8)14(15,16)17)18-25(23,24)10-4-5-13(20)12(7-10)19(21)22/h2-7,18,20H,1H3. The number of nitrogens with zero attached hydrogens (tertiary/aromatic N) is 1. The second kappa shape index (κ2) is 6.24. The molecule has 0 saturated heterocycles. The summed E-state index contributed by atoms with van der Waals surface area (Å²) in [6.07, 6.45) is -4.66. The maximum Gasteiger partial charge on any atom is 0.416 e. The smallest absolute Gasteiger partial charge is 0.416 e. The largest absolute Gasteiger partial charge is 0.502 e. The molecule has 0 spiro atoms. The van der Waals surface area contributed by atoms with E-state index in [0.29, 0.717) is 12.1 Å². The molecule has 0 bridgehead atoms. The van der Waals surface area contributed by atoms with Crippen molar-refractivity contribution in [2.45, 2.75) is 18.0 Å². The Bertz CT molecular complexity index is 942. The van der Waals surface area contributed by atoms with Crippen molar-refractivity contribution in [3.63, 3.8) is 0 Å². The second-order valence-corrected chi connectivity index (χ2v) is 6.72. The van der Waals surface area contributed by atoms with Crippen LogP contribution in [0.5, 0.6) is 5.75 Å². The predicted molar refractivity (Wildman–Crippen MR) is 81.8 cm³/mol. The number of nitro groups is 1. The summed E-state index contributed by atoms with van der Waals surface area (Å²) in [5.74, 6) is -0.737. The minimum atomic E-state index is -4.66. The summed E-state index contributed by atoms with van der Waals surface area (Å²) < 4.78 is 65.1. The molecular formula is C14H11F3N2O5S. The molecule has 2 aromatic rings. The summed E-state index contributed by atoms with van der Waals surface area (Å²) >= 11 is 0. The van der Waals surface area contributed by atoms with Crippen molar-refractivity contribution in [1.29, 1.82) is 0 Å². The van der Waals surface area contributed by atoms with Gasteiger partial charge < -0.3 is 5.11 Å². The van der Waals surface area contributed by atoms with Gasteiger partial charge in [0.05, 0.1) is 15.4 Å². The highest BCUT2D eigenvalue weighted by Gasteiger charge is 2.33. The number of sulfonamides is 1. The van der Waals surface area contributed by atoms with Crippen LogP contribution in [0.25, 0.3) is 0 Å². The van der Waals surface area contributed by atoms with Gasteiger partial charge in [0.25, 0.3) is 10.0 Å². The van der Waals surface area contributed by atoms with Crippen LogP contribution in [-0.4, -0.2) is 18.4 Å². The van der Waals surface area contributed by atoms with Crippen LogP contribution >= 0.6 is 0 Å². The SMILES string of the molecule is Cc1ccc(NS(=O)(=O)c2ccc(O)c([N+](=O)[O-])c2)cc1C(F)(F)F.